The molecule has 8 heteroatoms. The summed E-state index contributed by atoms with van der Waals surface area (Å²) >= 11 is 3.60. The molecular formula is C10H14N2O5S. The number of aliphatic hydroxyl groups excluding tert-OH is 1. The van der Waals surface area contributed by atoms with Crippen molar-refractivity contribution in [2.75, 3.05) is 6.61 Å². The number of nitrogens with one attached hydrogen (secondary N) is 1. The van der Waals surface area contributed by atoms with Crippen molar-refractivity contribution < 1.29 is 14.0 Å². The highest BCUT2D eigenvalue weighted by Crippen LogP contribution is 2.27. The van der Waals surface area contributed by atoms with Gasteiger partial charge in [-0.3, -0.25) is 14.3 Å². The summed E-state index contributed by atoms with van der Waals surface area (Å²) in [6.07, 6.45) is -0.208. The molecule has 0 bridgehead atoms. The minimum atomic E-state index is -0.735. The van der Waals surface area contributed by atoms with E-state index in [1.165, 1.54) is 10.8 Å². The molecule has 0 aromatic carbocycles. The van der Waals surface area contributed by atoms with Crippen molar-refractivity contribution in [3.8, 4) is 0 Å². The summed E-state index contributed by atoms with van der Waals surface area (Å²) < 4.78 is 11.4. The average molecular weight is 274 g/mol. The van der Waals surface area contributed by atoms with Crippen LogP contribution in [0.5, 0.6) is 0 Å². The van der Waals surface area contributed by atoms with Crippen molar-refractivity contribution in [3.05, 3.63) is 32.6 Å². The standard InChI is InChI=1S/C10H14N2O5S/c1-5-3-12(10(15)11-9(5)14)8-2-6(13)7(17-8)4-16-18/h3,6-8,13,18H,2,4H2,1H3,(H,11,14,15)/t6-,7+,8+/m0/s1. The van der Waals surface area contributed by atoms with Gasteiger partial charge in [0.25, 0.3) is 5.56 Å². The quantitative estimate of drug-likeness (QED) is 0.503. The minimum Gasteiger partial charge on any atom is -0.390 e. The van der Waals surface area contributed by atoms with E-state index in [4.69, 9.17) is 4.74 Å². The van der Waals surface area contributed by atoms with Crippen molar-refractivity contribution in [2.45, 2.75) is 31.8 Å². The van der Waals surface area contributed by atoms with Gasteiger partial charge in [-0.2, -0.15) is 0 Å². The highest BCUT2D eigenvalue weighted by Gasteiger charge is 2.35. The van der Waals surface area contributed by atoms with E-state index in [-0.39, 0.29) is 13.0 Å². The molecule has 0 unspecified atom stereocenters. The molecule has 1 saturated heterocycles. The van der Waals surface area contributed by atoms with Crippen molar-refractivity contribution in [2.24, 2.45) is 0 Å². The van der Waals surface area contributed by atoms with E-state index in [2.05, 4.69) is 22.1 Å². The summed E-state index contributed by atoms with van der Waals surface area (Å²) in [5.41, 5.74) is -0.582. The molecule has 0 aliphatic carbocycles. The maximum atomic E-state index is 11.6. The Kier molecular flexibility index (Phi) is 3.91. The maximum absolute atomic E-state index is 11.6. The van der Waals surface area contributed by atoms with Gasteiger partial charge in [0.2, 0.25) is 0 Å². The molecule has 18 heavy (non-hydrogen) atoms. The van der Waals surface area contributed by atoms with Gasteiger partial charge in [-0.15, -0.1) is 0 Å². The van der Waals surface area contributed by atoms with Gasteiger partial charge in [0, 0.05) is 18.2 Å². The second-order valence-corrected chi connectivity index (χ2v) is 4.46. The van der Waals surface area contributed by atoms with E-state index in [0.29, 0.717) is 5.56 Å². The minimum absolute atomic E-state index is 0.123. The third-order valence-corrected chi connectivity index (χ3v) is 3.05. The second-order valence-electron chi connectivity index (χ2n) is 4.21. The zero-order valence-corrected chi connectivity index (χ0v) is 10.6. The Balaban J connectivity index is 2.26. The molecule has 2 N–H and O–H groups in total. The normalized spacial score (nSPS) is 27.6. The number of H-pyrrole nitrogens is 1. The van der Waals surface area contributed by atoms with Crippen LogP contribution in [0.25, 0.3) is 0 Å². The number of thiol groups is 1. The van der Waals surface area contributed by atoms with E-state index in [1.54, 1.807) is 6.92 Å². The number of ether oxygens (including phenoxy) is 1. The Morgan fingerprint density at radius 3 is 3.06 bits per heavy atom. The molecule has 1 aliphatic heterocycles. The average Bonchev–Trinajstić information content (AvgIpc) is 2.66. The smallest absolute Gasteiger partial charge is 0.330 e. The highest BCUT2D eigenvalue weighted by atomic mass is 32.1. The monoisotopic (exact) mass is 274 g/mol. The third-order valence-electron chi connectivity index (χ3n) is 2.90. The summed E-state index contributed by atoms with van der Waals surface area (Å²) in [6.45, 7) is 1.71. The van der Waals surface area contributed by atoms with E-state index in [1.807, 2.05) is 0 Å². The van der Waals surface area contributed by atoms with Crippen LogP contribution in [0.2, 0.25) is 0 Å². The Labute approximate surface area is 108 Å². The molecule has 2 heterocycles. The summed E-state index contributed by atoms with van der Waals surface area (Å²) in [4.78, 5) is 25.1. The lowest BCUT2D eigenvalue weighted by atomic mass is 10.2. The molecule has 100 valence electrons. The third kappa shape index (κ3) is 2.51. The Hall–Kier alpha value is -1.09. The molecule has 3 atom stereocenters. The van der Waals surface area contributed by atoms with E-state index < -0.39 is 29.7 Å². The van der Waals surface area contributed by atoms with Gasteiger partial charge in [-0.1, -0.05) is 0 Å². The van der Waals surface area contributed by atoms with Crippen LogP contribution in [0.1, 0.15) is 18.2 Å². The molecule has 1 aromatic heterocycles. The zero-order chi connectivity index (χ0) is 13.3. The fourth-order valence-electron chi connectivity index (χ4n) is 1.91. The number of aryl methyl sites for hydroxylation is 1. The van der Waals surface area contributed by atoms with Crippen molar-refractivity contribution >= 4 is 12.9 Å². The summed E-state index contributed by atoms with van der Waals surface area (Å²) in [5.74, 6) is 0. The molecule has 0 saturated carbocycles. The summed E-state index contributed by atoms with van der Waals surface area (Å²) in [5, 5.41) is 9.74. The number of hydrogen-bond acceptors (Lipinski definition) is 6. The second kappa shape index (κ2) is 5.27. The van der Waals surface area contributed by atoms with Gasteiger partial charge in [-0.25, -0.2) is 4.79 Å². The molecule has 0 amide bonds. The van der Waals surface area contributed by atoms with Gasteiger partial charge in [-0.05, 0) is 19.8 Å². The van der Waals surface area contributed by atoms with Gasteiger partial charge in [0.1, 0.15) is 12.3 Å². The number of aromatic nitrogens is 2. The number of hydrogen-bond donors (Lipinski definition) is 3. The molecule has 1 fully saturated rings. The number of aliphatic hydroxyl groups is 1. The predicted octanol–water partition coefficient (Wildman–Crippen LogP) is -0.645. The van der Waals surface area contributed by atoms with Crippen LogP contribution >= 0.6 is 12.9 Å². The number of rotatable bonds is 3. The van der Waals surface area contributed by atoms with Crippen LogP contribution in [0.4, 0.5) is 0 Å². The number of nitrogens with zero attached hydrogens (tertiary/aromatic N) is 1. The Bertz CT molecular complexity index is 540. The van der Waals surface area contributed by atoms with Crippen molar-refractivity contribution in [1.29, 1.82) is 0 Å². The first-order valence-corrected chi connectivity index (χ1v) is 5.81. The molecule has 2 rings (SSSR count). The van der Waals surface area contributed by atoms with Crippen molar-refractivity contribution in [3.63, 3.8) is 0 Å². The molecule has 0 spiro atoms. The zero-order valence-electron chi connectivity index (χ0n) is 9.70. The van der Waals surface area contributed by atoms with Gasteiger partial charge in [0.05, 0.1) is 12.7 Å². The van der Waals surface area contributed by atoms with Crippen LogP contribution < -0.4 is 11.2 Å². The van der Waals surface area contributed by atoms with Gasteiger partial charge < -0.3 is 14.0 Å². The van der Waals surface area contributed by atoms with Gasteiger partial charge >= 0.3 is 5.69 Å². The molecule has 0 radical (unpaired) electrons. The van der Waals surface area contributed by atoms with Crippen LogP contribution in [0.3, 0.4) is 0 Å². The fourth-order valence-corrected chi connectivity index (χ4v) is 2.06. The number of aromatic amines is 1. The summed E-state index contributed by atoms with van der Waals surface area (Å²) in [7, 11) is 0. The first-order valence-electron chi connectivity index (χ1n) is 5.45. The van der Waals surface area contributed by atoms with E-state index in [0.717, 1.165) is 0 Å². The lowest BCUT2D eigenvalue weighted by Gasteiger charge is -2.15. The fraction of sp³-hybridized carbons (Fsp3) is 0.600. The molecular weight excluding hydrogens is 260 g/mol. The first kappa shape index (κ1) is 13.3. The topological polar surface area (TPSA) is 93.6 Å². The SMILES string of the molecule is Cc1cn([C@H]2C[C@H](O)[C@@H](COS)O2)c(=O)[nH]c1=O. The Morgan fingerprint density at radius 1 is 1.67 bits per heavy atom. The van der Waals surface area contributed by atoms with Crippen molar-refractivity contribution in [1.82, 2.24) is 9.55 Å². The van der Waals surface area contributed by atoms with Crippen LogP contribution in [-0.2, 0) is 8.92 Å². The van der Waals surface area contributed by atoms with E-state index in [9.17, 15) is 14.7 Å². The summed E-state index contributed by atoms with van der Waals surface area (Å²) in [6, 6.07) is 0. The molecule has 1 aliphatic rings. The highest BCUT2D eigenvalue weighted by molar-refractivity contribution is 7.75. The maximum Gasteiger partial charge on any atom is 0.330 e. The van der Waals surface area contributed by atoms with Crippen LogP contribution in [0.15, 0.2) is 15.8 Å². The van der Waals surface area contributed by atoms with Crippen LogP contribution in [-0.4, -0.2) is 33.5 Å². The van der Waals surface area contributed by atoms with E-state index >= 15 is 0 Å². The largest absolute Gasteiger partial charge is 0.390 e. The lowest BCUT2D eigenvalue weighted by molar-refractivity contribution is -0.0376. The Morgan fingerprint density at radius 2 is 2.39 bits per heavy atom. The molecule has 7 nitrogen and oxygen atoms in total. The molecule has 1 aromatic rings. The van der Waals surface area contributed by atoms with Crippen LogP contribution in [0, 0.1) is 6.92 Å². The first-order chi connectivity index (χ1) is 8.52. The lowest BCUT2D eigenvalue weighted by Crippen LogP contribution is -2.33. The predicted molar refractivity (Wildman–Crippen MR) is 65.5 cm³/mol. The van der Waals surface area contributed by atoms with Gasteiger partial charge in [0.15, 0.2) is 0 Å².